The van der Waals surface area contributed by atoms with Crippen molar-refractivity contribution in [1.82, 2.24) is 14.8 Å². The lowest BCUT2D eigenvalue weighted by Gasteiger charge is -2.34. The largest absolute Gasteiger partial charge is 0.495 e. The summed E-state index contributed by atoms with van der Waals surface area (Å²) in [6, 6.07) is 8.45. The molecule has 1 aromatic carbocycles. The Morgan fingerprint density at radius 3 is 2.26 bits per heavy atom. The van der Waals surface area contributed by atoms with Crippen molar-refractivity contribution in [2.45, 2.75) is 6.92 Å². The Labute approximate surface area is 157 Å². The van der Waals surface area contributed by atoms with Crippen molar-refractivity contribution in [2.75, 3.05) is 38.6 Å². The molecule has 1 fully saturated rings. The van der Waals surface area contributed by atoms with Crippen molar-refractivity contribution in [2.24, 2.45) is 0 Å². The Balaban J connectivity index is 1.67. The average molecular weight is 370 g/mol. The van der Waals surface area contributed by atoms with E-state index in [4.69, 9.17) is 4.74 Å². The predicted molar refractivity (Wildman–Crippen MR) is 99.9 cm³/mol. The fourth-order valence-corrected chi connectivity index (χ4v) is 3.06. The van der Waals surface area contributed by atoms with E-state index in [1.165, 1.54) is 14.0 Å². The standard InChI is InChI=1S/C19H22N4O4/c1-13(24)21-16-12-14(5-6-17(16)27-2)18(25)22-8-10-23(11-9-22)19(26)15-4-3-7-20-15/h3-7,12,20H,8-11H2,1-2H3,(H,21,24). The zero-order valence-electron chi connectivity index (χ0n) is 15.3. The van der Waals surface area contributed by atoms with Gasteiger partial charge in [0.15, 0.2) is 0 Å². The van der Waals surface area contributed by atoms with Gasteiger partial charge in [-0.3, -0.25) is 14.4 Å². The van der Waals surface area contributed by atoms with Gasteiger partial charge in [0.2, 0.25) is 5.91 Å². The van der Waals surface area contributed by atoms with E-state index < -0.39 is 0 Å². The summed E-state index contributed by atoms with van der Waals surface area (Å²) in [5, 5.41) is 2.67. The lowest BCUT2D eigenvalue weighted by molar-refractivity contribution is -0.114. The Kier molecular flexibility index (Phi) is 5.44. The van der Waals surface area contributed by atoms with Gasteiger partial charge in [-0.1, -0.05) is 0 Å². The monoisotopic (exact) mass is 370 g/mol. The summed E-state index contributed by atoms with van der Waals surface area (Å²) in [5.74, 6) is 0.0400. The van der Waals surface area contributed by atoms with Gasteiger partial charge >= 0.3 is 0 Å². The molecule has 0 spiro atoms. The lowest BCUT2D eigenvalue weighted by atomic mass is 10.1. The third-order valence-electron chi connectivity index (χ3n) is 4.44. The Hall–Kier alpha value is -3.29. The first-order valence-electron chi connectivity index (χ1n) is 8.67. The van der Waals surface area contributed by atoms with Crippen LogP contribution in [0, 0.1) is 0 Å². The number of nitrogens with one attached hydrogen (secondary N) is 2. The van der Waals surface area contributed by atoms with Crippen molar-refractivity contribution in [3.8, 4) is 5.75 Å². The molecule has 0 aliphatic carbocycles. The van der Waals surface area contributed by atoms with Crippen molar-refractivity contribution in [3.05, 3.63) is 47.8 Å². The van der Waals surface area contributed by atoms with Gasteiger partial charge in [-0.25, -0.2) is 0 Å². The number of carbonyl (C=O) groups excluding carboxylic acids is 3. The number of amides is 3. The molecular weight excluding hydrogens is 348 g/mol. The second-order valence-corrected chi connectivity index (χ2v) is 6.26. The molecule has 2 heterocycles. The maximum absolute atomic E-state index is 12.8. The molecule has 1 aliphatic rings. The molecule has 27 heavy (non-hydrogen) atoms. The highest BCUT2D eigenvalue weighted by Gasteiger charge is 2.26. The normalized spacial score (nSPS) is 14.0. The third-order valence-corrected chi connectivity index (χ3v) is 4.44. The van der Waals surface area contributed by atoms with Crippen LogP contribution < -0.4 is 10.1 Å². The van der Waals surface area contributed by atoms with Crippen LogP contribution in [-0.2, 0) is 4.79 Å². The second kappa shape index (κ2) is 7.94. The van der Waals surface area contributed by atoms with Crippen molar-refractivity contribution < 1.29 is 19.1 Å². The van der Waals surface area contributed by atoms with Crippen LogP contribution in [0.5, 0.6) is 5.75 Å². The summed E-state index contributed by atoms with van der Waals surface area (Å²) in [7, 11) is 1.50. The van der Waals surface area contributed by atoms with Crippen molar-refractivity contribution in [1.29, 1.82) is 0 Å². The lowest BCUT2D eigenvalue weighted by Crippen LogP contribution is -2.50. The highest BCUT2D eigenvalue weighted by molar-refractivity contribution is 5.98. The fraction of sp³-hybridized carbons (Fsp3) is 0.316. The zero-order chi connectivity index (χ0) is 19.4. The molecule has 142 valence electrons. The molecule has 2 N–H and O–H groups in total. The Morgan fingerprint density at radius 2 is 1.70 bits per heavy atom. The van der Waals surface area contributed by atoms with Crippen LogP contribution in [0.4, 0.5) is 5.69 Å². The highest BCUT2D eigenvalue weighted by atomic mass is 16.5. The molecule has 0 unspecified atom stereocenters. The van der Waals surface area contributed by atoms with Gasteiger partial charge in [0.1, 0.15) is 11.4 Å². The number of ether oxygens (including phenoxy) is 1. The van der Waals surface area contributed by atoms with Crippen LogP contribution in [0.1, 0.15) is 27.8 Å². The maximum atomic E-state index is 12.8. The second-order valence-electron chi connectivity index (χ2n) is 6.26. The number of aromatic amines is 1. The number of benzene rings is 1. The highest BCUT2D eigenvalue weighted by Crippen LogP contribution is 2.26. The van der Waals surface area contributed by atoms with Gasteiger partial charge < -0.3 is 24.8 Å². The molecule has 1 aliphatic heterocycles. The molecule has 3 amide bonds. The quantitative estimate of drug-likeness (QED) is 0.854. The minimum atomic E-state index is -0.241. The molecule has 1 saturated heterocycles. The van der Waals surface area contributed by atoms with Crippen LogP contribution in [0.15, 0.2) is 36.5 Å². The molecule has 1 aromatic heterocycles. The maximum Gasteiger partial charge on any atom is 0.270 e. The SMILES string of the molecule is COc1ccc(C(=O)N2CCN(C(=O)c3ccc[nH]3)CC2)cc1NC(C)=O. The Morgan fingerprint density at radius 1 is 1.04 bits per heavy atom. The van der Waals surface area contributed by atoms with Crippen molar-refractivity contribution >= 4 is 23.4 Å². The van der Waals surface area contributed by atoms with E-state index in [1.807, 2.05) is 0 Å². The van der Waals surface area contributed by atoms with Gasteiger partial charge in [-0.05, 0) is 30.3 Å². The number of nitrogens with zero attached hydrogens (tertiary/aromatic N) is 2. The first kappa shape index (κ1) is 18.5. The summed E-state index contributed by atoms with van der Waals surface area (Å²) >= 11 is 0. The van der Waals surface area contributed by atoms with E-state index in [1.54, 1.807) is 46.3 Å². The summed E-state index contributed by atoms with van der Waals surface area (Å²) < 4.78 is 5.22. The number of methoxy groups -OCH3 is 1. The number of hydrogen-bond donors (Lipinski definition) is 2. The molecule has 0 saturated carbocycles. The molecule has 8 nitrogen and oxygen atoms in total. The molecule has 0 radical (unpaired) electrons. The zero-order valence-corrected chi connectivity index (χ0v) is 15.3. The van der Waals surface area contributed by atoms with Crippen LogP contribution in [0.25, 0.3) is 0 Å². The number of rotatable bonds is 4. The summed E-state index contributed by atoms with van der Waals surface area (Å²) in [4.78, 5) is 42.9. The van der Waals surface area contributed by atoms with Crippen LogP contribution in [-0.4, -0.2) is 65.8 Å². The molecule has 8 heteroatoms. The van der Waals surface area contributed by atoms with Crippen LogP contribution >= 0.6 is 0 Å². The van der Waals surface area contributed by atoms with E-state index in [2.05, 4.69) is 10.3 Å². The number of hydrogen-bond acceptors (Lipinski definition) is 4. The Bertz CT molecular complexity index is 839. The van der Waals surface area contributed by atoms with Crippen LogP contribution in [0.2, 0.25) is 0 Å². The number of carbonyl (C=O) groups is 3. The summed E-state index contributed by atoms with van der Waals surface area (Å²) in [5.41, 5.74) is 1.46. The number of anilines is 1. The molecule has 0 bridgehead atoms. The van der Waals surface area contributed by atoms with Gasteiger partial charge in [0.25, 0.3) is 11.8 Å². The van der Waals surface area contributed by atoms with Gasteiger partial charge in [0, 0.05) is 44.9 Å². The number of piperazine rings is 1. The first-order valence-corrected chi connectivity index (χ1v) is 8.67. The first-order chi connectivity index (χ1) is 13.0. The average Bonchev–Trinajstić information content (AvgIpc) is 3.21. The van der Waals surface area contributed by atoms with Gasteiger partial charge in [-0.15, -0.1) is 0 Å². The van der Waals surface area contributed by atoms with E-state index in [9.17, 15) is 14.4 Å². The topological polar surface area (TPSA) is 94.7 Å². The van der Waals surface area contributed by atoms with Crippen LogP contribution in [0.3, 0.4) is 0 Å². The number of H-pyrrole nitrogens is 1. The smallest absolute Gasteiger partial charge is 0.270 e. The fourth-order valence-electron chi connectivity index (χ4n) is 3.06. The molecule has 0 atom stereocenters. The molecular formula is C19H22N4O4. The van der Waals surface area contributed by atoms with E-state index in [-0.39, 0.29) is 17.7 Å². The van der Waals surface area contributed by atoms with Gasteiger partial charge in [-0.2, -0.15) is 0 Å². The third kappa shape index (κ3) is 4.11. The van der Waals surface area contributed by atoms with Crippen molar-refractivity contribution in [3.63, 3.8) is 0 Å². The predicted octanol–water partition coefficient (Wildman–Crippen LogP) is 1.58. The number of aromatic nitrogens is 1. The van der Waals surface area contributed by atoms with E-state index in [0.29, 0.717) is 48.9 Å². The van der Waals surface area contributed by atoms with E-state index in [0.717, 1.165) is 0 Å². The minimum absolute atomic E-state index is 0.0653. The minimum Gasteiger partial charge on any atom is -0.495 e. The molecule has 3 rings (SSSR count). The molecule has 2 aromatic rings. The summed E-state index contributed by atoms with van der Waals surface area (Å²) in [6.07, 6.45) is 1.71. The van der Waals surface area contributed by atoms with Gasteiger partial charge in [0.05, 0.1) is 12.8 Å². The summed E-state index contributed by atoms with van der Waals surface area (Å²) in [6.45, 7) is 3.24. The van der Waals surface area contributed by atoms with E-state index >= 15 is 0 Å².